The van der Waals surface area contributed by atoms with Gasteiger partial charge in [0.05, 0.1) is 5.60 Å². The van der Waals surface area contributed by atoms with E-state index in [1.54, 1.807) is 13.8 Å². The van der Waals surface area contributed by atoms with Crippen LogP contribution in [0, 0.1) is 0 Å². The Morgan fingerprint density at radius 1 is 1.31 bits per heavy atom. The molecule has 2 nitrogen and oxygen atoms in total. The van der Waals surface area contributed by atoms with E-state index in [-0.39, 0.29) is 57.1 Å². The summed E-state index contributed by atoms with van der Waals surface area (Å²) in [6.07, 6.45) is 0.295. The Balaban J connectivity index is 0.00000225. The van der Waals surface area contributed by atoms with Crippen LogP contribution >= 0.6 is 0 Å². The van der Waals surface area contributed by atoms with E-state index in [1.165, 1.54) is 18.3 Å². The predicted octanol–water partition coefficient (Wildman–Crippen LogP) is -0.758. The fourth-order valence-electron chi connectivity index (χ4n) is 1.14. The number of aromatic nitrogens is 1. The van der Waals surface area contributed by atoms with Crippen molar-refractivity contribution in [2.75, 3.05) is 0 Å². The predicted molar refractivity (Wildman–Crippen MR) is 52.3 cm³/mol. The van der Waals surface area contributed by atoms with Crippen molar-refractivity contribution in [1.82, 2.24) is 4.98 Å². The number of aliphatic hydroxyl groups is 1. The molecule has 0 aromatic carbocycles. The second-order valence-electron chi connectivity index (χ2n) is 4.01. The van der Waals surface area contributed by atoms with Crippen molar-refractivity contribution in [2.24, 2.45) is 0 Å². The number of pyridine rings is 1. The minimum atomic E-state index is -4.85. The first-order valence-corrected chi connectivity index (χ1v) is 4.57. The normalized spacial score (nSPS) is 12.1. The third-order valence-corrected chi connectivity index (χ3v) is 1.97. The Morgan fingerprint density at radius 2 is 1.88 bits per heavy atom. The van der Waals surface area contributed by atoms with Crippen LogP contribution in [-0.2, 0) is 11.9 Å². The van der Waals surface area contributed by atoms with Crippen molar-refractivity contribution in [1.29, 1.82) is 0 Å². The maximum Gasteiger partial charge on any atom is 1.00 e. The molecule has 0 radical (unpaired) electrons. The Morgan fingerprint density at radius 3 is 2.19 bits per heavy atom. The fourth-order valence-corrected chi connectivity index (χ4v) is 1.14. The zero-order valence-corrected chi connectivity index (χ0v) is 12.7. The van der Waals surface area contributed by atoms with Crippen LogP contribution in [0.2, 0.25) is 0 Å². The van der Waals surface area contributed by atoms with Gasteiger partial charge in [0.25, 0.3) is 0 Å². The van der Waals surface area contributed by atoms with Crippen LogP contribution in [0.1, 0.15) is 25.1 Å². The van der Waals surface area contributed by atoms with Crippen LogP contribution in [0.5, 0.6) is 0 Å². The maximum absolute atomic E-state index is 12.0. The summed E-state index contributed by atoms with van der Waals surface area (Å²) in [5.41, 5.74) is -0.592. The SMILES string of the molecule is CC(C)(O)c1ccc(C[B-](F)(F)F)nc1.[K+]. The molecular formula is C9H12BF3KNO. The van der Waals surface area contributed by atoms with E-state index in [1.807, 2.05) is 0 Å². The molecule has 0 aliphatic rings. The van der Waals surface area contributed by atoms with Crippen LogP contribution in [0.25, 0.3) is 0 Å². The standard InChI is InChI=1S/C9H12BF3NO.K/c1-9(2,15)7-3-4-8(14-6-7)5-10(11,12)13;/h3-4,6,15H,5H2,1-2H3;/q-1;+1. The molecule has 1 aromatic rings. The molecule has 0 aliphatic heterocycles. The van der Waals surface area contributed by atoms with Gasteiger partial charge in [0.1, 0.15) is 0 Å². The van der Waals surface area contributed by atoms with Crippen molar-refractivity contribution >= 4 is 6.98 Å². The molecular weight excluding hydrogens is 245 g/mol. The maximum atomic E-state index is 12.0. The number of hydrogen-bond acceptors (Lipinski definition) is 2. The summed E-state index contributed by atoms with van der Waals surface area (Å²) in [4.78, 5) is 3.67. The number of rotatable bonds is 3. The molecule has 0 amide bonds. The summed E-state index contributed by atoms with van der Waals surface area (Å²) < 4.78 is 36.1. The molecule has 0 bridgehead atoms. The van der Waals surface area contributed by atoms with Gasteiger partial charge in [-0.2, -0.15) is 0 Å². The Labute approximate surface area is 135 Å². The summed E-state index contributed by atoms with van der Waals surface area (Å²) >= 11 is 0. The smallest absolute Gasteiger partial charge is 0.449 e. The molecule has 1 heterocycles. The second kappa shape index (κ2) is 5.97. The van der Waals surface area contributed by atoms with Gasteiger partial charge in [0.2, 0.25) is 0 Å². The van der Waals surface area contributed by atoms with Crippen LogP contribution in [0.15, 0.2) is 18.3 Å². The quantitative estimate of drug-likeness (QED) is 0.722. The Kier molecular flexibility index (Phi) is 6.20. The largest absolute Gasteiger partial charge is 1.00 e. The minimum Gasteiger partial charge on any atom is -0.449 e. The second-order valence-corrected chi connectivity index (χ2v) is 4.01. The van der Waals surface area contributed by atoms with Crippen molar-refractivity contribution in [3.63, 3.8) is 0 Å². The Bertz CT molecular complexity index is 334. The molecule has 16 heavy (non-hydrogen) atoms. The number of halogens is 3. The van der Waals surface area contributed by atoms with Gasteiger partial charge < -0.3 is 18.1 Å². The van der Waals surface area contributed by atoms with E-state index in [0.717, 1.165) is 0 Å². The summed E-state index contributed by atoms with van der Waals surface area (Å²) in [6.45, 7) is -1.74. The van der Waals surface area contributed by atoms with Gasteiger partial charge in [-0.3, -0.25) is 4.98 Å². The fraction of sp³-hybridized carbons (Fsp3) is 0.444. The molecule has 0 atom stereocenters. The van der Waals surface area contributed by atoms with Gasteiger partial charge in [0, 0.05) is 17.5 Å². The average Bonchev–Trinajstić information content (AvgIpc) is 2.00. The van der Waals surface area contributed by atoms with Crippen LogP contribution in [0.3, 0.4) is 0 Å². The van der Waals surface area contributed by atoms with Gasteiger partial charge in [0.15, 0.2) is 0 Å². The summed E-state index contributed by atoms with van der Waals surface area (Å²) in [7, 11) is 0. The molecule has 0 unspecified atom stereocenters. The van der Waals surface area contributed by atoms with Gasteiger partial charge >= 0.3 is 58.4 Å². The van der Waals surface area contributed by atoms with E-state index in [0.29, 0.717) is 5.56 Å². The monoisotopic (exact) mass is 257 g/mol. The first-order valence-electron chi connectivity index (χ1n) is 4.57. The van der Waals surface area contributed by atoms with Gasteiger partial charge in [-0.05, 0) is 26.2 Å². The van der Waals surface area contributed by atoms with E-state index in [4.69, 9.17) is 0 Å². The van der Waals surface area contributed by atoms with E-state index < -0.39 is 18.9 Å². The van der Waals surface area contributed by atoms with Gasteiger partial charge in [-0.1, -0.05) is 6.07 Å². The van der Waals surface area contributed by atoms with Crippen molar-refractivity contribution < 1.29 is 69.4 Å². The molecule has 1 aromatic heterocycles. The van der Waals surface area contributed by atoms with Crippen molar-refractivity contribution in [3.05, 3.63) is 29.6 Å². The third-order valence-electron chi connectivity index (χ3n) is 1.97. The molecule has 0 aliphatic carbocycles. The van der Waals surface area contributed by atoms with Gasteiger partial charge in [-0.25, -0.2) is 0 Å². The zero-order valence-electron chi connectivity index (χ0n) is 9.54. The topological polar surface area (TPSA) is 33.1 Å². The molecule has 0 saturated heterocycles. The number of hydrogen-bond donors (Lipinski definition) is 1. The molecule has 1 N–H and O–H groups in total. The van der Waals surface area contributed by atoms with Crippen LogP contribution in [-0.4, -0.2) is 17.1 Å². The van der Waals surface area contributed by atoms with Crippen LogP contribution < -0.4 is 51.4 Å². The Hall–Kier alpha value is 0.601. The molecule has 7 heteroatoms. The molecule has 0 fully saturated rings. The first kappa shape index (κ1) is 16.6. The van der Waals surface area contributed by atoms with E-state index >= 15 is 0 Å². The zero-order chi connectivity index (χ0) is 11.7. The molecule has 84 valence electrons. The minimum absolute atomic E-state index is 0. The molecule has 0 spiro atoms. The summed E-state index contributed by atoms with van der Waals surface area (Å²) in [5, 5.41) is 9.55. The summed E-state index contributed by atoms with van der Waals surface area (Å²) in [5.74, 6) is 0. The third kappa shape index (κ3) is 5.79. The first-order chi connectivity index (χ1) is 6.68. The number of nitrogens with zero attached hydrogens (tertiary/aromatic N) is 1. The van der Waals surface area contributed by atoms with E-state index in [9.17, 15) is 18.1 Å². The van der Waals surface area contributed by atoms with Gasteiger partial charge in [-0.15, -0.1) is 0 Å². The summed E-state index contributed by atoms with van der Waals surface area (Å²) in [6, 6.07) is 2.76. The molecule has 1 rings (SSSR count). The molecule has 0 saturated carbocycles. The van der Waals surface area contributed by atoms with Crippen molar-refractivity contribution in [2.45, 2.75) is 25.8 Å². The van der Waals surface area contributed by atoms with Crippen LogP contribution in [0.4, 0.5) is 12.9 Å². The average molecular weight is 257 g/mol. The van der Waals surface area contributed by atoms with E-state index in [2.05, 4.69) is 4.98 Å². The van der Waals surface area contributed by atoms with Crippen molar-refractivity contribution in [3.8, 4) is 0 Å².